The second-order valence-electron chi connectivity index (χ2n) is 5.72. The van der Waals surface area contributed by atoms with Crippen molar-refractivity contribution in [3.8, 4) is 11.8 Å². The molecule has 0 saturated carbocycles. The molecule has 1 aromatic carbocycles. The Labute approximate surface area is 123 Å². The van der Waals surface area contributed by atoms with Gasteiger partial charge in [0.05, 0.1) is 6.07 Å². The number of piperidine rings is 1. The molecule has 1 aromatic rings. The van der Waals surface area contributed by atoms with E-state index >= 15 is 0 Å². The minimum absolute atomic E-state index is 0.160. The van der Waals surface area contributed by atoms with E-state index in [2.05, 4.69) is 6.07 Å². The first-order valence-electron chi connectivity index (χ1n) is 6.65. The maximum absolute atomic E-state index is 14.3. The van der Waals surface area contributed by atoms with Crippen molar-refractivity contribution in [2.75, 3.05) is 13.1 Å². The zero-order chi connectivity index (χ0) is 14.8. The van der Waals surface area contributed by atoms with Crippen LogP contribution in [0.5, 0.6) is 5.75 Å². The van der Waals surface area contributed by atoms with Crippen LogP contribution in [0.1, 0.15) is 25.3 Å². The summed E-state index contributed by atoms with van der Waals surface area (Å²) in [5.41, 5.74) is 0.246. The summed E-state index contributed by atoms with van der Waals surface area (Å²) in [6.45, 7) is 3.37. The van der Waals surface area contributed by atoms with Crippen LogP contribution in [0.15, 0.2) is 18.2 Å². The lowest BCUT2D eigenvalue weighted by Gasteiger charge is -2.41. The normalized spacial score (nSPS) is 27.2. The number of nitrogens with zero attached hydrogens (tertiary/aromatic N) is 2. The van der Waals surface area contributed by atoms with Gasteiger partial charge in [-0.25, -0.2) is 4.39 Å². The van der Waals surface area contributed by atoms with E-state index in [-0.39, 0.29) is 12.2 Å². The van der Waals surface area contributed by atoms with Gasteiger partial charge in [-0.15, -0.1) is 0 Å². The van der Waals surface area contributed by atoms with Crippen molar-refractivity contribution < 1.29 is 9.50 Å². The first-order chi connectivity index (χ1) is 9.44. The van der Waals surface area contributed by atoms with Crippen LogP contribution in [0.25, 0.3) is 0 Å². The number of aromatic hydroxyl groups is 1. The van der Waals surface area contributed by atoms with E-state index in [0.717, 1.165) is 12.1 Å². The van der Waals surface area contributed by atoms with Gasteiger partial charge in [0.25, 0.3) is 0 Å². The van der Waals surface area contributed by atoms with E-state index in [0.29, 0.717) is 24.5 Å². The summed E-state index contributed by atoms with van der Waals surface area (Å²) in [6.07, 6.45) is -0.125. The molecule has 2 atom stereocenters. The van der Waals surface area contributed by atoms with Crippen molar-refractivity contribution in [3.05, 3.63) is 28.8 Å². The first-order valence-corrected chi connectivity index (χ1v) is 7.03. The van der Waals surface area contributed by atoms with Gasteiger partial charge in [-0.2, -0.15) is 5.26 Å². The molecular formula is C15H18ClFN2O. The highest BCUT2D eigenvalue weighted by molar-refractivity contribution is 6.31. The molecule has 0 radical (unpaired) electrons. The fraction of sp³-hybridized carbons (Fsp3) is 0.533. The number of nitriles is 1. The Kier molecular flexibility index (Phi) is 4.52. The van der Waals surface area contributed by atoms with Crippen LogP contribution in [0, 0.1) is 16.7 Å². The molecular weight excluding hydrogens is 279 g/mol. The van der Waals surface area contributed by atoms with Crippen LogP contribution < -0.4 is 0 Å². The van der Waals surface area contributed by atoms with Gasteiger partial charge in [0.2, 0.25) is 0 Å². The third-order valence-electron chi connectivity index (χ3n) is 4.08. The molecule has 1 fully saturated rings. The zero-order valence-electron chi connectivity index (χ0n) is 11.4. The largest absolute Gasteiger partial charge is 0.508 e. The molecule has 0 amide bonds. The fourth-order valence-corrected chi connectivity index (χ4v) is 2.73. The maximum Gasteiger partial charge on any atom is 0.119 e. The minimum atomic E-state index is -1.02. The van der Waals surface area contributed by atoms with Crippen LogP contribution >= 0.6 is 11.6 Å². The molecule has 3 nitrogen and oxygen atoms in total. The molecule has 1 aliphatic rings. The van der Waals surface area contributed by atoms with Crippen molar-refractivity contribution in [2.45, 2.75) is 32.5 Å². The van der Waals surface area contributed by atoms with E-state index < -0.39 is 11.6 Å². The summed E-state index contributed by atoms with van der Waals surface area (Å²) in [6, 6.07) is 6.86. The molecule has 0 aliphatic carbocycles. The van der Waals surface area contributed by atoms with Crippen molar-refractivity contribution in [1.82, 2.24) is 4.90 Å². The monoisotopic (exact) mass is 296 g/mol. The van der Waals surface area contributed by atoms with E-state index in [4.69, 9.17) is 16.9 Å². The lowest BCUT2D eigenvalue weighted by Crippen LogP contribution is -2.47. The topological polar surface area (TPSA) is 47.3 Å². The van der Waals surface area contributed by atoms with Gasteiger partial charge in [-0.1, -0.05) is 18.5 Å². The Hall–Kier alpha value is -1.31. The molecule has 1 N–H and O–H groups in total. The number of rotatable bonds is 3. The number of phenols is 1. The predicted molar refractivity (Wildman–Crippen MR) is 76.2 cm³/mol. The van der Waals surface area contributed by atoms with E-state index in [9.17, 15) is 9.50 Å². The molecule has 2 unspecified atom stereocenters. The quantitative estimate of drug-likeness (QED) is 0.928. The van der Waals surface area contributed by atoms with Gasteiger partial charge in [-0.3, -0.25) is 4.90 Å². The number of alkyl halides is 1. The highest BCUT2D eigenvalue weighted by Crippen LogP contribution is 2.37. The SMILES string of the molecule is CC1(CC#N)CCN(Cc2cc(O)ccc2Cl)CC1F. The molecule has 20 heavy (non-hydrogen) atoms. The fourth-order valence-electron chi connectivity index (χ4n) is 2.56. The Balaban J connectivity index is 2.03. The molecule has 108 valence electrons. The summed E-state index contributed by atoms with van der Waals surface area (Å²) < 4.78 is 14.3. The maximum atomic E-state index is 14.3. The summed E-state index contributed by atoms with van der Waals surface area (Å²) in [5, 5.41) is 18.9. The summed E-state index contributed by atoms with van der Waals surface area (Å²) in [5.74, 6) is 0.160. The van der Waals surface area contributed by atoms with Crippen molar-refractivity contribution in [2.24, 2.45) is 5.41 Å². The molecule has 1 saturated heterocycles. The Morgan fingerprint density at radius 2 is 2.35 bits per heavy atom. The Morgan fingerprint density at radius 3 is 3.00 bits per heavy atom. The van der Waals surface area contributed by atoms with Crippen molar-refractivity contribution in [1.29, 1.82) is 5.26 Å². The number of hydrogen-bond donors (Lipinski definition) is 1. The zero-order valence-corrected chi connectivity index (χ0v) is 12.2. The van der Waals surface area contributed by atoms with Gasteiger partial charge in [0.15, 0.2) is 0 Å². The molecule has 1 aliphatic heterocycles. The van der Waals surface area contributed by atoms with Crippen LogP contribution in [0.3, 0.4) is 0 Å². The van der Waals surface area contributed by atoms with E-state index in [1.54, 1.807) is 12.1 Å². The number of benzene rings is 1. The number of halogens is 2. The predicted octanol–water partition coefficient (Wildman–Crippen LogP) is 3.51. The number of hydrogen-bond acceptors (Lipinski definition) is 3. The van der Waals surface area contributed by atoms with E-state index in [1.165, 1.54) is 6.07 Å². The lowest BCUT2D eigenvalue weighted by molar-refractivity contribution is 0.0186. The molecule has 0 aromatic heterocycles. The van der Waals surface area contributed by atoms with E-state index in [1.807, 2.05) is 11.8 Å². The highest BCUT2D eigenvalue weighted by Gasteiger charge is 2.39. The lowest BCUT2D eigenvalue weighted by atomic mass is 9.76. The Morgan fingerprint density at radius 1 is 1.60 bits per heavy atom. The summed E-state index contributed by atoms with van der Waals surface area (Å²) in [7, 11) is 0. The smallest absolute Gasteiger partial charge is 0.119 e. The molecule has 0 bridgehead atoms. The van der Waals surface area contributed by atoms with Crippen LogP contribution in [0.4, 0.5) is 4.39 Å². The molecule has 1 heterocycles. The molecule has 5 heteroatoms. The minimum Gasteiger partial charge on any atom is -0.508 e. The molecule has 0 spiro atoms. The third-order valence-corrected chi connectivity index (χ3v) is 4.45. The van der Waals surface area contributed by atoms with Crippen molar-refractivity contribution >= 4 is 11.6 Å². The molecule has 2 rings (SSSR count). The standard InChI is InChI=1S/C15H18ClFN2O/c1-15(4-6-18)5-7-19(10-14(15)17)9-11-8-12(20)2-3-13(11)16/h2-3,8,14,20H,4-5,7,9-10H2,1H3. The second kappa shape index (κ2) is 5.99. The van der Waals surface area contributed by atoms with Crippen LogP contribution in [-0.4, -0.2) is 29.3 Å². The van der Waals surface area contributed by atoms with Gasteiger partial charge in [0.1, 0.15) is 11.9 Å². The third kappa shape index (κ3) is 3.23. The van der Waals surface area contributed by atoms with Crippen molar-refractivity contribution in [3.63, 3.8) is 0 Å². The number of phenolic OH excluding ortho intramolecular Hbond substituents is 1. The van der Waals surface area contributed by atoms with Gasteiger partial charge in [0, 0.05) is 29.9 Å². The highest BCUT2D eigenvalue weighted by atomic mass is 35.5. The van der Waals surface area contributed by atoms with Gasteiger partial charge < -0.3 is 5.11 Å². The Bertz CT molecular complexity index is 531. The average Bonchev–Trinajstić information content (AvgIpc) is 2.39. The van der Waals surface area contributed by atoms with Crippen LogP contribution in [0.2, 0.25) is 5.02 Å². The summed E-state index contributed by atoms with van der Waals surface area (Å²) >= 11 is 6.08. The van der Waals surface area contributed by atoms with Crippen LogP contribution in [-0.2, 0) is 6.54 Å². The van der Waals surface area contributed by atoms with Gasteiger partial charge in [-0.05, 0) is 36.7 Å². The average molecular weight is 297 g/mol. The second-order valence-corrected chi connectivity index (χ2v) is 6.12. The number of likely N-dealkylation sites (tertiary alicyclic amines) is 1. The summed E-state index contributed by atoms with van der Waals surface area (Å²) in [4.78, 5) is 1.98. The van der Waals surface area contributed by atoms with Gasteiger partial charge >= 0.3 is 0 Å². The first kappa shape index (κ1) is 15.1.